The molecule has 0 aromatic heterocycles. The molecule has 110 valence electrons. The lowest BCUT2D eigenvalue weighted by atomic mass is 10.1. The largest absolute Gasteiger partial charge is 0.480 e. The first kappa shape index (κ1) is 16.3. The van der Waals surface area contributed by atoms with E-state index in [1.165, 1.54) is 4.90 Å². The highest BCUT2D eigenvalue weighted by molar-refractivity contribution is 6.30. The Bertz CT molecular complexity index is 460. The van der Waals surface area contributed by atoms with Gasteiger partial charge in [-0.25, -0.2) is 4.79 Å². The second kappa shape index (κ2) is 7.75. The zero-order valence-electron chi connectivity index (χ0n) is 11.6. The topological polar surface area (TPSA) is 69.6 Å². The van der Waals surface area contributed by atoms with E-state index < -0.39 is 18.5 Å². The number of halogens is 1. The maximum absolute atomic E-state index is 12.1. The number of anilines is 1. The highest BCUT2D eigenvalue weighted by Crippen LogP contribution is 2.18. The van der Waals surface area contributed by atoms with Crippen LogP contribution in [-0.2, 0) is 4.79 Å². The Morgan fingerprint density at radius 1 is 1.30 bits per heavy atom. The number of rotatable bonds is 6. The first-order valence-corrected chi connectivity index (χ1v) is 6.80. The number of carboxylic acids is 1. The lowest BCUT2D eigenvalue weighted by molar-refractivity contribution is -0.135. The van der Waals surface area contributed by atoms with Gasteiger partial charge in [-0.2, -0.15) is 0 Å². The van der Waals surface area contributed by atoms with E-state index in [9.17, 15) is 9.59 Å². The van der Waals surface area contributed by atoms with Gasteiger partial charge in [0.25, 0.3) is 0 Å². The van der Waals surface area contributed by atoms with Crippen molar-refractivity contribution in [1.29, 1.82) is 0 Å². The van der Waals surface area contributed by atoms with E-state index in [1.54, 1.807) is 24.3 Å². The van der Waals surface area contributed by atoms with Gasteiger partial charge >= 0.3 is 12.0 Å². The molecule has 2 N–H and O–H groups in total. The molecule has 1 aromatic rings. The third kappa shape index (κ3) is 5.48. The molecule has 5 nitrogen and oxygen atoms in total. The summed E-state index contributed by atoms with van der Waals surface area (Å²) in [7, 11) is 0. The summed E-state index contributed by atoms with van der Waals surface area (Å²) >= 11 is 5.78. The SMILES string of the molecule is CC(C)CCNC(=O)N(CC(=O)O)c1ccc(Cl)cc1. The minimum absolute atomic E-state index is 0.394. The highest BCUT2D eigenvalue weighted by Gasteiger charge is 2.18. The molecule has 0 radical (unpaired) electrons. The van der Waals surface area contributed by atoms with Gasteiger partial charge in [0.2, 0.25) is 0 Å². The van der Waals surface area contributed by atoms with Crippen LogP contribution in [-0.4, -0.2) is 30.2 Å². The average molecular weight is 299 g/mol. The number of hydrogen-bond acceptors (Lipinski definition) is 2. The van der Waals surface area contributed by atoms with Crippen molar-refractivity contribution in [2.75, 3.05) is 18.0 Å². The number of benzene rings is 1. The Balaban J connectivity index is 2.75. The van der Waals surface area contributed by atoms with Crippen LogP contribution in [0, 0.1) is 5.92 Å². The fourth-order valence-electron chi connectivity index (χ4n) is 1.60. The fraction of sp³-hybridized carbons (Fsp3) is 0.429. The van der Waals surface area contributed by atoms with Crippen LogP contribution in [0.3, 0.4) is 0 Å². The summed E-state index contributed by atoms with van der Waals surface area (Å²) in [6, 6.07) is 6.05. The third-order valence-electron chi connectivity index (χ3n) is 2.67. The molecule has 0 saturated heterocycles. The molecule has 1 aromatic carbocycles. The van der Waals surface area contributed by atoms with Crippen molar-refractivity contribution in [3.63, 3.8) is 0 Å². The summed E-state index contributed by atoms with van der Waals surface area (Å²) in [5.41, 5.74) is 0.499. The molecule has 0 spiro atoms. The van der Waals surface area contributed by atoms with Crippen molar-refractivity contribution in [3.05, 3.63) is 29.3 Å². The van der Waals surface area contributed by atoms with E-state index >= 15 is 0 Å². The number of carboxylic acid groups (broad SMARTS) is 1. The standard InChI is InChI=1S/C14H19ClN2O3/c1-10(2)7-8-16-14(20)17(9-13(18)19)12-5-3-11(15)4-6-12/h3-6,10H,7-9H2,1-2H3,(H,16,20)(H,18,19). The number of carbonyl (C=O) groups excluding carboxylic acids is 1. The van der Waals surface area contributed by atoms with E-state index in [2.05, 4.69) is 19.2 Å². The van der Waals surface area contributed by atoms with Gasteiger partial charge in [0.1, 0.15) is 6.54 Å². The van der Waals surface area contributed by atoms with Gasteiger partial charge in [0.15, 0.2) is 0 Å². The van der Waals surface area contributed by atoms with E-state index in [0.717, 1.165) is 6.42 Å². The molecular weight excluding hydrogens is 280 g/mol. The molecule has 0 unspecified atom stereocenters. The number of hydrogen-bond donors (Lipinski definition) is 2. The van der Waals surface area contributed by atoms with Crippen LogP contribution in [0.5, 0.6) is 0 Å². The van der Waals surface area contributed by atoms with Crippen molar-refractivity contribution in [2.45, 2.75) is 20.3 Å². The van der Waals surface area contributed by atoms with Gasteiger partial charge in [-0.05, 0) is 36.6 Å². The van der Waals surface area contributed by atoms with Crippen LogP contribution >= 0.6 is 11.6 Å². The molecule has 20 heavy (non-hydrogen) atoms. The third-order valence-corrected chi connectivity index (χ3v) is 2.93. The zero-order chi connectivity index (χ0) is 15.1. The number of urea groups is 1. The summed E-state index contributed by atoms with van der Waals surface area (Å²) < 4.78 is 0. The lowest BCUT2D eigenvalue weighted by Gasteiger charge is -2.21. The van der Waals surface area contributed by atoms with E-state index in [-0.39, 0.29) is 0 Å². The van der Waals surface area contributed by atoms with E-state index in [1.807, 2.05) is 0 Å². The number of nitrogens with zero attached hydrogens (tertiary/aromatic N) is 1. The monoisotopic (exact) mass is 298 g/mol. The van der Waals surface area contributed by atoms with Gasteiger partial charge in [0, 0.05) is 17.3 Å². The van der Waals surface area contributed by atoms with Crippen LogP contribution in [0.15, 0.2) is 24.3 Å². The molecule has 0 atom stereocenters. The molecule has 6 heteroatoms. The normalized spacial score (nSPS) is 10.4. The molecule has 1 rings (SSSR count). The quantitative estimate of drug-likeness (QED) is 0.848. The van der Waals surface area contributed by atoms with E-state index in [4.69, 9.17) is 16.7 Å². The Morgan fingerprint density at radius 2 is 1.90 bits per heavy atom. The number of nitrogens with one attached hydrogen (secondary N) is 1. The molecule has 0 bridgehead atoms. The van der Waals surface area contributed by atoms with Crippen LogP contribution in [0.4, 0.5) is 10.5 Å². The molecule has 0 aliphatic heterocycles. The first-order chi connectivity index (χ1) is 9.40. The second-order valence-electron chi connectivity index (χ2n) is 4.87. The summed E-state index contributed by atoms with van der Waals surface area (Å²) in [5, 5.41) is 12.2. The van der Waals surface area contributed by atoms with E-state index in [0.29, 0.717) is 23.2 Å². The molecule has 2 amide bonds. The fourth-order valence-corrected chi connectivity index (χ4v) is 1.73. The summed E-state index contributed by atoms with van der Waals surface area (Å²) in [6.45, 7) is 4.23. The minimum Gasteiger partial charge on any atom is -0.480 e. The predicted molar refractivity (Wildman–Crippen MR) is 79.3 cm³/mol. The van der Waals surface area contributed by atoms with Gasteiger partial charge in [0.05, 0.1) is 0 Å². The van der Waals surface area contributed by atoms with Gasteiger partial charge in [-0.15, -0.1) is 0 Å². The molecule has 0 fully saturated rings. The molecular formula is C14H19ClN2O3. The Labute approximate surface area is 123 Å². The first-order valence-electron chi connectivity index (χ1n) is 6.43. The number of carbonyl (C=O) groups is 2. The second-order valence-corrected chi connectivity index (χ2v) is 5.31. The summed E-state index contributed by atoms with van der Waals surface area (Å²) in [5.74, 6) is -0.599. The van der Waals surface area contributed by atoms with Crippen LogP contribution in [0.25, 0.3) is 0 Å². The van der Waals surface area contributed by atoms with Crippen molar-refractivity contribution in [2.24, 2.45) is 5.92 Å². The molecule has 0 aliphatic carbocycles. The molecule has 0 saturated carbocycles. The van der Waals surface area contributed by atoms with Crippen molar-refractivity contribution in [1.82, 2.24) is 5.32 Å². The van der Waals surface area contributed by atoms with Gasteiger partial charge < -0.3 is 10.4 Å². The average Bonchev–Trinajstić information content (AvgIpc) is 2.36. The van der Waals surface area contributed by atoms with Crippen LogP contribution < -0.4 is 10.2 Å². The zero-order valence-corrected chi connectivity index (χ0v) is 12.4. The van der Waals surface area contributed by atoms with Crippen molar-refractivity contribution < 1.29 is 14.7 Å². The van der Waals surface area contributed by atoms with Crippen molar-refractivity contribution in [3.8, 4) is 0 Å². The lowest BCUT2D eigenvalue weighted by Crippen LogP contribution is -2.43. The number of aliphatic carboxylic acids is 1. The van der Waals surface area contributed by atoms with Gasteiger partial charge in [-0.3, -0.25) is 9.69 Å². The maximum Gasteiger partial charge on any atom is 0.323 e. The van der Waals surface area contributed by atoms with Crippen LogP contribution in [0.1, 0.15) is 20.3 Å². The van der Waals surface area contributed by atoms with Crippen molar-refractivity contribution >= 4 is 29.3 Å². The highest BCUT2D eigenvalue weighted by atomic mass is 35.5. The predicted octanol–water partition coefficient (Wildman–Crippen LogP) is 2.99. The Kier molecular flexibility index (Phi) is 6.31. The Morgan fingerprint density at radius 3 is 2.40 bits per heavy atom. The van der Waals surface area contributed by atoms with Gasteiger partial charge in [-0.1, -0.05) is 25.4 Å². The molecule has 0 aliphatic rings. The van der Waals surface area contributed by atoms with Crippen LogP contribution in [0.2, 0.25) is 5.02 Å². The smallest absolute Gasteiger partial charge is 0.323 e. The minimum atomic E-state index is -1.07. The summed E-state index contributed by atoms with van der Waals surface area (Å²) in [6.07, 6.45) is 0.841. The molecule has 0 heterocycles. The number of amides is 2. The maximum atomic E-state index is 12.1. The summed E-state index contributed by atoms with van der Waals surface area (Å²) in [4.78, 5) is 24.1. The Hall–Kier alpha value is -1.75.